The Hall–Kier alpha value is -0.480. The van der Waals surface area contributed by atoms with Gasteiger partial charge in [0, 0.05) is 24.0 Å². The van der Waals surface area contributed by atoms with Crippen molar-refractivity contribution >= 4 is 11.3 Å². The molecule has 1 aromatic rings. The number of hydrogen-bond acceptors (Lipinski definition) is 3. The maximum absolute atomic E-state index is 13.6. The van der Waals surface area contributed by atoms with Crippen LogP contribution in [0.3, 0.4) is 0 Å². The standard InChI is InChI=1S/C8H11FN2S/c9-8(3-6(10)4-8)5-7-11-1-2-12-7/h1-2,6H,3-5,10H2. The number of thiazole rings is 1. The van der Waals surface area contributed by atoms with Gasteiger partial charge in [0.2, 0.25) is 0 Å². The monoisotopic (exact) mass is 186 g/mol. The van der Waals surface area contributed by atoms with E-state index in [2.05, 4.69) is 4.98 Å². The quantitative estimate of drug-likeness (QED) is 0.760. The molecule has 0 spiro atoms. The lowest BCUT2D eigenvalue weighted by Crippen LogP contribution is -2.49. The van der Waals surface area contributed by atoms with Crippen molar-refractivity contribution in [2.75, 3.05) is 0 Å². The molecular weight excluding hydrogens is 175 g/mol. The van der Waals surface area contributed by atoms with Gasteiger partial charge in [0.05, 0.1) is 5.01 Å². The zero-order chi connectivity index (χ0) is 8.60. The third-order valence-electron chi connectivity index (χ3n) is 2.21. The van der Waals surface area contributed by atoms with Crippen molar-refractivity contribution < 1.29 is 4.39 Å². The molecule has 0 radical (unpaired) electrons. The van der Waals surface area contributed by atoms with Gasteiger partial charge in [0.25, 0.3) is 0 Å². The molecule has 1 aromatic heterocycles. The fourth-order valence-corrected chi connectivity index (χ4v) is 2.38. The first-order chi connectivity index (χ1) is 5.68. The summed E-state index contributed by atoms with van der Waals surface area (Å²) in [6, 6.07) is 0.0648. The third-order valence-corrected chi connectivity index (χ3v) is 2.99. The van der Waals surface area contributed by atoms with Crippen LogP contribution < -0.4 is 5.73 Å². The van der Waals surface area contributed by atoms with Gasteiger partial charge >= 0.3 is 0 Å². The number of hydrogen-bond donors (Lipinski definition) is 1. The summed E-state index contributed by atoms with van der Waals surface area (Å²) in [5.74, 6) is 0. The van der Waals surface area contributed by atoms with E-state index in [0.29, 0.717) is 19.3 Å². The highest BCUT2D eigenvalue weighted by molar-refractivity contribution is 7.09. The SMILES string of the molecule is NC1CC(F)(Cc2nccs2)C1. The molecule has 1 fully saturated rings. The number of nitrogens with zero attached hydrogens (tertiary/aromatic N) is 1. The van der Waals surface area contributed by atoms with Crippen molar-refractivity contribution in [2.24, 2.45) is 5.73 Å². The Morgan fingerprint density at radius 1 is 1.75 bits per heavy atom. The van der Waals surface area contributed by atoms with E-state index >= 15 is 0 Å². The normalized spacial score (nSPS) is 34.7. The molecule has 0 atom stereocenters. The number of halogens is 1. The topological polar surface area (TPSA) is 38.9 Å². The second-order valence-corrected chi connectivity index (χ2v) is 4.40. The zero-order valence-electron chi connectivity index (χ0n) is 6.66. The molecule has 2 rings (SSSR count). The summed E-state index contributed by atoms with van der Waals surface area (Å²) in [6.45, 7) is 0. The Labute approximate surface area is 74.6 Å². The van der Waals surface area contributed by atoms with E-state index in [9.17, 15) is 4.39 Å². The molecule has 0 amide bonds. The molecular formula is C8H11FN2S. The van der Waals surface area contributed by atoms with Crippen molar-refractivity contribution in [3.63, 3.8) is 0 Å². The predicted molar refractivity (Wildman–Crippen MR) is 46.9 cm³/mol. The predicted octanol–water partition coefficient (Wildman–Crippen LogP) is 1.52. The lowest BCUT2D eigenvalue weighted by molar-refractivity contribution is 0.0444. The van der Waals surface area contributed by atoms with Gasteiger partial charge in [-0.05, 0) is 12.8 Å². The molecule has 2 nitrogen and oxygen atoms in total. The highest BCUT2D eigenvalue weighted by Gasteiger charge is 2.43. The van der Waals surface area contributed by atoms with E-state index in [1.54, 1.807) is 6.20 Å². The molecule has 0 aliphatic heterocycles. The summed E-state index contributed by atoms with van der Waals surface area (Å²) in [4.78, 5) is 4.05. The van der Waals surface area contributed by atoms with Gasteiger partial charge in [-0.3, -0.25) is 0 Å². The van der Waals surface area contributed by atoms with Crippen LogP contribution in [-0.2, 0) is 6.42 Å². The fraction of sp³-hybridized carbons (Fsp3) is 0.625. The van der Waals surface area contributed by atoms with Crippen molar-refractivity contribution in [1.29, 1.82) is 0 Å². The number of nitrogens with two attached hydrogens (primary N) is 1. The molecule has 0 saturated heterocycles. The number of alkyl halides is 1. The van der Waals surface area contributed by atoms with Crippen molar-refractivity contribution in [2.45, 2.75) is 31.0 Å². The van der Waals surface area contributed by atoms with E-state index in [1.165, 1.54) is 11.3 Å². The van der Waals surface area contributed by atoms with Crippen molar-refractivity contribution in [3.05, 3.63) is 16.6 Å². The molecule has 0 bridgehead atoms. The summed E-state index contributed by atoms with van der Waals surface area (Å²) in [7, 11) is 0. The van der Waals surface area contributed by atoms with Gasteiger partial charge < -0.3 is 5.73 Å². The molecule has 2 N–H and O–H groups in total. The van der Waals surface area contributed by atoms with Gasteiger partial charge in [-0.1, -0.05) is 0 Å². The van der Waals surface area contributed by atoms with Crippen LogP contribution in [0.1, 0.15) is 17.8 Å². The molecule has 1 aliphatic rings. The molecule has 12 heavy (non-hydrogen) atoms. The van der Waals surface area contributed by atoms with Crippen LogP contribution >= 0.6 is 11.3 Å². The maximum atomic E-state index is 13.6. The van der Waals surface area contributed by atoms with Gasteiger partial charge in [0.1, 0.15) is 5.67 Å². The van der Waals surface area contributed by atoms with Crippen LogP contribution in [0.25, 0.3) is 0 Å². The third kappa shape index (κ3) is 1.49. The van der Waals surface area contributed by atoms with E-state index in [1.807, 2.05) is 5.38 Å². The lowest BCUT2D eigenvalue weighted by Gasteiger charge is -2.38. The van der Waals surface area contributed by atoms with Gasteiger partial charge in [-0.25, -0.2) is 9.37 Å². The first kappa shape index (κ1) is 8.13. The highest BCUT2D eigenvalue weighted by atomic mass is 32.1. The van der Waals surface area contributed by atoms with Crippen molar-refractivity contribution in [1.82, 2.24) is 4.98 Å². The molecule has 1 saturated carbocycles. The van der Waals surface area contributed by atoms with Crippen LogP contribution in [-0.4, -0.2) is 16.7 Å². The van der Waals surface area contributed by atoms with Crippen LogP contribution in [0.2, 0.25) is 0 Å². The molecule has 1 aliphatic carbocycles. The smallest absolute Gasteiger partial charge is 0.120 e. The minimum absolute atomic E-state index is 0.0648. The van der Waals surface area contributed by atoms with E-state index in [0.717, 1.165) is 5.01 Å². The van der Waals surface area contributed by atoms with Gasteiger partial charge in [0.15, 0.2) is 0 Å². The Balaban J connectivity index is 1.96. The summed E-state index contributed by atoms with van der Waals surface area (Å²) in [5.41, 5.74) is 4.47. The largest absolute Gasteiger partial charge is 0.327 e. The van der Waals surface area contributed by atoms with Crippen LogP contribution in [0, 0.1) is 0 Å². The average molecular weight is 186 g/mol. The summed E-state index contributed by atoms with van der Waals surface area (Å²) < 4.78 is 13.6. The van der Waals surface area contributed by atoms with Crippen molar-refractivity contribution in [3.8, 4) is 0 Å². The molecule has 0 aromatic carbocycles. The second-order valence-electron chi connectivity index (χ2n) is 3.42. The average Bonchev–Trinajstić information content (AvgIpc) is 2.36. The summed E-state index contributed by atoms with van der Waals surface area (Å²) in [5, 5.41) is 2.75. The molecule has 1 heterocycles. The zero-order valence-corrected chi connectivity index (χ0v) is 7.48. The minimum atomic E-state index is -1.06. The van der Waals surface area contributed by atoms with Gasteiger partial charge in [-0.15, -0.1) is 11.3 Å². The Bertz CT molecular complexity index is 254. The summed E-state index contributed by atoms with van der Waals surface area (Å²) >= 11 is 1.51. The Kier molecular flexibility index (Phi) is 1.88. The number of aromatic nitrogens is 1. The number of rotatable bonds is 2. The Morgan fingerprint density at radius 3 is 3.00 bits per heavy atom. The van der Waals surface area contributed by atoms with Crippen LogP contribution in [0.4, 0.5) is 4.39 Å². The van der Waals surface area contributed by atoms with Crippen LogP contribution in [0.5, 0.6) is 0 Å². The van der Waals surface area contributed by atoms with E-state index < -0.39 is 5.67 Å². The first-order valence-electron chi connectivity index (χ1n) is 4.01. The fourth-order valence-electron chi connectivity index (χ4n) is 1.64. The van der Waals surface area contributed by atoms with E-state index in [-0.39, 0.29) is 6.04 Å². The maximum Gasteiger partial charge on any atom is 0.120 e. The lowest BCUT2D eigenvalue weighted by atomic mass is 9.76. The molecule has 66 valence electrons. The second kappa shape index (κ2) is 2.78. The molecule has 4 heteroatoms. The highest BCUT2D eigenvalue weighted by Crippen LogP contribution is 2.38. The van der Waals surface area contributed by atoms with Gasteiger partial charge in [-0.2, -0.15) is 0 Å². The van der Waals surface area contributed by atoms with Crippen LogP contribution in [0.15, 0.2) is 11.6 Å². The Morgan fingerprint density at radius 2 is 2.50 bits per heavy atom. The summed E-state index contributed by atoms with van der Waals surface area (Å²) in [6.07, 6.45) is 3.14. The first-order valence-corrected chi connectivity index (χ1v) is 4.89. The van der Waals surface area contributed by atoms with E-state index in [4.69, 9.17) is 5.73 Å². The molecule has 0 unspecified atom stereocenters. The minimum Gasteiger partial charge on any atom is -0.327 e.